The average Bonchev–Trinajstić information content (AvgIpc) is 2.11. The van der Waals surface area contributed by atoms with Crippen molar-refractivity contribution in [3.8, 4) is 0 Å². The first kappa shape index (κ1) is 15.3. The van der Waals surface area contributed by atoms with Crippen molar-refractivity contribution >= 4 is 47.2 Å². The third-order valence-electron chi connectivity index (χ3n) is 1.84. The lowest BCUT2D eigenvalue weighted by atomic mass is 10.1. The topological polar surface area (TPSA) is 26.0 Å². The van der Waals surface area contributed by atoms with Crippen LogP contribution in [0.4, 0.5) is 4.39 Å². The second kappa shape index (κ2) is 6.77. The van der Waals surface area contributed by atoms with Gasteiger partial charge in [-0.05, 0) is 24.1 Å². The molecule has 0 heterocycles. The summed E-state index contributed by atoms with van der Waals surface area (Å²) >= 11 is 17.5. The van der Waals surface area contributed by atoms with Crippen LogP contribution in [-0.4, -0.2) is 6.67 Å². The Labute approximate surface area is 109 Å². The molecule has 0 aliphatic carbocycles. The Morgan fingerprint density at radius 1 is 1.27 bits per heavy atom. The summed E-state index contributed by atoms with van der Waals surface area (Å²) < 4.78 is 12.1. The highest BCUT2D eigenvalue weighted by molar-refractivity contribution is 6.43. The standard InChI is InChI=1S/C9H9Cl3FN.ClH/c10-5-3-6(8(14)1-2-13)9(12)7(11)4-5;/h3-4,8H,1-2,14H2;1H/t8-;/m1./s1. The van der Waals surface area contributed by atoms with E-state index in [0.29, 0.717) is 20.6 Å². The van der Waals surface area contributed by atoms with Gasteiger partial charge in [-0.15, -0.1) is 12.4 Å². The molecule has 6 heteroatoms. The highest BCUT2D eigenvalue weighted by Gasteiger charge is 2.13. The molecule has 1 atom stereocenters. The van der Waals surface area contributed by atoms with Crippen molar-refractivity contribution in [3.63, 3.8) is 0 Å². The molecule has 0 aliphatic heterocycles. The number of rotatable bonds is 3. The van der Waals surface area contributed by atoms with Crippen LogP contribution in [-0.2, 0) is 0 Å². The largest absolute Gasteiger partial charge is 0.324 e. The van der Waals surface area contributed by atoms with Gasteiger partial charge in [-0.25, -0.2) is 0 Å². The molecule has 0 unspecified atom stereocenters. The summed E-state index contributed by atoms with van der Waals surface area (Å²) in [7, 11) is 0. The number of hydrogen-bond acceptors (Lipinski definition) is 1. The molecular weight excluding hydrogens is 283 g/mol. The fourth-order valence-electron chi connectivity index (χ4n) is 1.12. The minimum atomic E-state index is -0.498. The summed E-state index contributed by atoms with van der Waals surface area (Å²) in [4.78, 5) is 0. The summed E-state index contributed by atoms with van der Waals surface area (Å²) in [6, 6.07) is 2.66. The molecule has 1 aromatic carbocycles. The van der Waals surface area contributed by atoms with Gasteiger partial charge in [0.25, 0.3) is 0 Å². The van der Waals surface area contributed by atoms with Crippen LogP contribution in [0, 0.1) is 0 Å². The quantitative estimate of drug-likeness (QED) is 0.820. The summed E-state index contributed by atoms with van der Waals surface area (Å²) in [5.41, 5.74) is 6.29. The van der Waals surface area contributed by atoms with E-state index in [9.17, 15) is 4.39 Å². The zero-order chi connectivity index (χ0) is 10.7. The van der Waals surface area contributed by atoms with Gasteiger partial charge < -0.3 is 5.73 Å². The lowest BCUT2D eigenvalue weighted by Gasteiger charge is -2.13. The summed E-state index contributed by atoms with van der Waals surface area (Å²) in [6.45, 7) is -0.498. The third kappa shape index (κ3) is 3.97. The molecule has 0 aliphatic rings. The number of nitrogens with two attached hydrogens (primary N) is 1. The summed E-state index contributed by atoms with van der Waals surface area (Å²) in [6.07, 6.45) is 0.205. The van der Waals surface area contributed by atoms with Gasteiger partial charge in [-0.2, -0.15) is 0 Å². The van der Waals surface area contributed by atoms with Crippen molar-refractivity contribution in [2.45, 2.75) is 12.5 Å². The van der Waals surface area contributed by atoms with E-state index in [-0.39, 0.29) is 18.8 Å². The van der Waals surface area contributed by atoms with Crippen LogP contribution in [0.1, 0.15) is 18.0 Å². The fourth-order valence-corrected chi connectivity index (χ4v) is 1.88. The average molecular weight is 293 g/mol. The van der Waals surface area contributed by atoms with Crippen molar-refractivity contribution in [2.24, 2.45) is 5.73 Å². The van der Waals surface area contributed by atoms with E-state index in [2.05, 4.69) is 0 Å². The zero-order valence-corrected chi connectivity index (χ0v) is 10.7. The third-order valence-corrected chi connectivity index (χ3v) is 2.88. The van der Waals surface area contributed by atoms with Gasteiger partial charge in [0.1, 0.15) is 0 Å². The number of benzene rings is 1. The Hall–Kier alpha value is 0.270. The lowest BCUT2D eigenvalue weighted by Crippen LogP contribution is -2.11. The van der Waals surface area contributed by atoms with Crippen LogP contribution in [0.5, 0.6) is 0 Å². The first-order chi connectivity index (χ1) is 6.56. The van der Waals surface area contributed by atoms with Crippen LogP contribution in [0.3, 0.4) is 0 Å². The molecule has 0 bridgehead atoms. The Bertz CT molecular complexity index is 332. The lowest BCUT2D eigenvalue weighted by molar-refractivity contribution is 0.442. The monoisotopic (exact) mass is 291 g/mol. The highest BCUT2D eigenvalue weighted by atomic mass is 35.5. The predicted molar refractivity (Wildman–Crippen MR) is 66.2 cm³/mol. The SMILES string of the molecule is Cl.N[C@H](CCF)c1cc(Cl)cc(Cl)c1Cl. The zero-order valence-electron chi connectivity index (χ0n) is 7.64. The van der Waals surface area contributed by atoms with Gasteiger partial charge in [0, 0.05) is 11.1 Å². The Balaban J connectivity index is 0.00000196. The van der Waals surface area contributed by atoms with E-state index in [0.717, 1.165) is 0 Å². The van der Waals surface area contributed by atoms with Crippen molar-refractivity contribution in [1.82, 2.24) is 0 Å². The van der Waals surface area contributed by atoms with Gasteiger partial charge in [0.05, 0.1) is 16.7 Å². The second-order valence-electron chi connectivity index (χ2n) is 2.87. The summed E-state index contributed by atoms with van der Waals surface area (Å²) in [5.74, 6) is 0. The fraction of sp³-hybridized carbons (Fsp3) is 0.333. The summed E-state index contributed by atoms with van der Waals surface area (Å²) in [5, 5.41) is 1.13. The molecular formula is C9H10Cl4FN. The molecule has 86 valence electrons. The van der Waals surface area contributed by atoms with Crippen molar-refractivity contribution in [1.29, 1.82) is 0 Å². The van der Waals surface area contributed by atoms with Gasteiger partial charge in [-0.1, -0.05) is 34.8 Å². The first-order valence-corrected chi connectivity index (χ1v) is 5.15. The molecule has 1 aromatic rings. The van der Waals surface area contributed by atoms with Gasteiger partial charge >= 0.3 is 0 Å². The Kier molecular flexibility index (Phi) is 6.89. The van der Waals surface area contributed by atoms with Crippen LogP contribution >= 0.6 is 47.2 Å². The van der Waals surface area contributed by atoms with E-state index in [1.807, 2.05) is 0 Å². The molecule has 15 heavy (non-hydrogen) atoms. The molecule has 2 N–H and O–H groups in total. The van der Waals surface area contributed by atoms with Crippen LogP contribution < -0.4 is 5.73 Å². The first-order valence-electron chi connectivity index (χ1n) is 4.02. The van der Waals surface area contributed by atoms with Crippen LogP contribution in [0.25, 0.3) is 0 Å². The smallest absolute Gasteiger partial charge is 0.0912 e. The van der Waals surface area contributed by atoms with Gasteiger partial charge in [0.2, 0.25) is 0 Å². The van der Waals surface area contributed by atoms with E-state index in [4.69, 9.17) is 40.5 Å². The van der Waals surface area contributed by atoms with Gasteiger partial charge in [0.15, 0.2) is 0 Å². The van der Waals surface area contributed by atoms with E-state index in [1.54, 1.807) is 6.07 Å². The van der Waals surface area contributed by atoms with E-state index in [1.165, 1.54) is 6.07 Å². The number of halogens is 5. The molecule has 1 rings (SSSR count). The molecule has 0 aromatic heterocycles. The predicted octanol–water partition coefficient (Wildman–Crippen LogP) is 4.43. The molecule has 0 radical (unpaired) electrons. The van der Waals surface area contributed by atoms with E-state index < -0.39 is 12.7 Å². The minimum absolute atomic E-state index is 0. The van der Waals surface area contributed by atoms with Crippen LogP contribution in [0.15, 0.2) is 12.1 Å². The maximum atomic E-state index is 12.1. The molecule has 0 spiro atoms. The molecule has 0 saturated heterocycles. The number of hydrogen-bond donors (Lipinski definition) is 1. The van der Waals surface area contributed by atoms with Gasteiger partial charge in [-0.3, -0.25) is 4.39 Å². The molecule has 0 amide bonds. The van der Waals surface area contributed by atoms with Crippen molar-refractivity contribution in [3.05, 3.63) is 32.8 Å². The van der Waals surface area contributed by atoms with Crippen molar-refractivity contribution in [2.75, 3.05) is 6.67 Å². The second-order valence-corrected chi connectivity index (χ2v) is 4.10. The van der Waals surface area contributed by atoms with E-state index >= 15 is 0 Å². The normalized spacial score (nSPS) is 12.1. The molecule has 0 saturated carbocycles. The maximum Gasteiger partial charge on any atom is 0.0912 e. The van der Waals surface area contributed by atoms with Crippen LogP contribution in [0.2, 0.25) is 15.1 Å². The van der Waals surface area contributed by atoms with Crippen molar-refractivity contribution < 1.29 is 4.39 Å². The highest BCUT2D eigenvalue weighted by Crippen LogP contribution is 2.33. The Morgan fingerprint density at radius 2 is 1.87 bits per heavy atom. The molecule has 1 nitrogen and oxygen atoms in total. The maximum absolute atomic E-state index is 12.1. The molecule has 0 fully saturated rings. The minimum Gasteiger partial charge on any atom is -0.324 e. The Morgan fingerprint density at radius 3 is 2.40 bits per heavy atom. The number of alkyl halides is 1.